The van der Waals surface area contributed by atoms with Crippen molar-refractivity contribution in [2.24, 2.45) is 10.4 Å². The van der Waals surface area contributed by atoms with Crippen LogP contribution in [0, 0.1) is 12.3 Å². The van der Waals surface area contributed by atoms with Gasteiger partial charge in [0.25, 0.3) is 0 Å². The Morgan fingerprint density at radius 2 is 1.91 bits per heavy atom. The minimum atomic E-state index is -0.492. The molecule has 3 N–H and O–H groups in total. The number of benzene rings is 1. The van der Waals surface area contributed by atoms with Crippen molar-refractivity contribution in [1.29, 1.82) is 0 Å². The van der Waals surface area contributed by atoms with E-state index in [0.717, 1.165) is 12.5 Å². The van der Waals surface area contributed by atoms with Crippen LogP contribution in [-0.4, -0.2) is 32.0 Å². The summed E-state index contributed by atoms with van der Waals surface area (Å²) in [7, 11) is 1.65. The highest BCUT2D eigenvalue weighted by atomic mass is 16.2. The van der Waals surface area contributed by atoms with Gasteiger partial charge in [-0.1, -0.05) is 24.3 Å². The number of aliphatic imine (C=N–C) groups is 1. The molecule has 0 spiro atoms. The lowest BCUT2D eigenvalue weighted by molar-refractivity contribution is -0.128. The second-order valence-electron chi connectivity index (χ2n) is 5.94. The summed E-state index contributed by atoms with van der Waals surface area (Å²) < 4.78 is 0. The van der Waals surface area contributed by atoms with Crippen molar-refractivity contribution < 1.29 is 4.79 Å². The van der Waals surface area contributed by atoms with E-state index in [-0.39, 0.29) is 5.91 Å². The van der Waals surface area contributed by atoms with Crippen molar-refractivity contribution in [3.63, 3.8) is 0 Å². The van der Waals surface area contributed by atoms with Gasteiger partial charge in [0.05, 0.1) is 12.0 Å². The molecule has 0 radical (unpaired) electrons. The monoisotopic (exact) mass is 304 g/mol. The normalized spacial score (nSPS) is 12.0. The van der Waals surface area contributed by atoms with Crippen LogP contribution in [-0.2, 0) is 11.3 Å². The second kappa shape index (κ2) is 8.41. The Morgan fingerprint density at radius 1 is 1.23 bits per heavy atom. The zero-order valence-corrected chi connectivity index (χ0v) is 14.3. The van der Waals surface area contributed by atoms with Gasteiger partial charge in [0, 0.05) is 20.1 Å². The molecule has 22 heavy (non-hydrogen) atoms. The maximum Gasteiger partial charge on any atom is 0.227 e. The van der Waals surface area contributed by atoms with Crippen molar-refractivity contribution in [1.82, 2.24) is 16.0 Å². The third-order valence-electron chi connectivity index (χ3n) is 3.55. The number of carbonyl (C=O) groups excluding carboxylic acids is 1. The Bertz CT molecular complexity index is 523. The van der Waals surface area contributed by atoms with Crippen LogP contribution in [0.25, 0.3) is 0 Å². The van der Waals surface area contributed by atoms with E-state index in [9.17, 15) is 4.79 Å². The van der Waals surface area contributed by atoms with Crippen molar-refractivity contribution in [3.05, 3.63) is 35.4 Å². The lowest BCUT2D eigenvalue weighted by Crippen LogP contribution is -2.47. The summed E-state index contributed by atoms with van der Waals surface area (Å²) in [5.74, 6) is 0.734. The molecular formula is C17H28N4O. The number of guanidine groups is 1. The summed E-state index contributed by atoms with van der Waals surface area (Å²) >= 11 is 0. The summed E-state index contributed by atoms with van der Waals surface area (Å²) in [6, 6.07) is 8.21. The van der Waals surface area contributed by atoms with E-state index in [1.807, 2.05) is 32.9 Å². The first-order valence-electron chi connectivity index (χ1n) is 7.69. The van der Waals surface area contributed by atoms with Crippen LogP contribution in [0.15, 0.2) is 29.3 Å². The summed E-state index contributed by atoms with van der Waals surface area (Å²) in [5.41, 5.74) is 1.94. The van der Waals surface area contributed by atoms with Gasteiger partial charge in [-0.15, -0.1) is 0 Å². The van der Waals surface area contributed by atoms with Gasteiger partial charge in [0.15, 0.2) is 5.96 Å². The van der Waals surface area contributed by atoms with Crippen molar-refractivity contribution in [3.8, 4) is 0 Å². The van der Waals surface area contributed by atoms with Crippen LogP contribution in [0.5, 0.6) is 0 Å². The molecule has 0 bridgehead atoms. The Hall–Kier alpha value is -2.04. The van der Waals surface area contributed by atoms with Gasteiger partial charge in [0.2, 0.25) is 5.91 Å². The zero-order valence-electron chi connectivity index (χ0n) is 14.3. The number of nitrogens with zero attached hydrogens (tertiary/aromatic N) is 1. The first-order valence-corrected chi connectivity index (χ1v) is 7.69. The summed E-state index contributed by atoms with van der Waals surface area (Å²) in [6.45, 7) is 9.83. The quantitative estimate of drug-likeness (QED) is 0.555. The van der Waals surface area contributed by atoms with Crippen LogP contribution in [0.3, 0.4) is 0 Å². The smallest absolute Gasteiger partial charge is 0.227 e. The highest BCUT2D eigenvalue weighted by molar-refractivity contribution is 5.84. The fraction of sp³-hybridized carbons (Fsp3) is 0.529. The highest BCUT2D eigenvalue weighted by Gasteiger charge is 2.26. The van der Waals surface area contributed by atoms with Gasteiger partial charge in [-0.25, -0.2) is 4.99 Å². The average molecular weight is 304 g/mol. The largest absolute Gasteiger partial charge is 0.359 e. The van der Waals surface area contributed by atoms with E-state index in [2.05, 4.69) is 40.0 Å². The molecule has 1 aromatic rings. The van der Waals surface area contributed by atoms with Crippen LogP contribution >= 0.6 is 0 Å². The number of hydrogen-bond acceptors (Lipinski definition) is 2. The molecule has 1 aromatic carbocycles. The fourth-order valence-corrected chi connectivity index (χ4v) is 2.02. The van der Waals surface area contributed by atoms with E-state index in [1.54, 1.807) is 7.05 Å². The topological polar surface area (TPSA) is 65.5 Å². The first-order chi connectivity index (χ1) is 10.4. The lowest BCUT2D eigenvalue weighted by atomic mass is 9.92. The number of nitrogens with one attached hydrogen (secondary N) is 3. The van der Waals surface area contributed by atoms with Crippen LogP contribution < -0.4 is 16.0 Å². The standard InChI is InChI=1S/C17H28N4O/c1-6-19-16(21-12-17(3,4)15(22)18-5)20-11-14-10-8-7-9-13(14)2/h7-10H,6,11-12H2,1-5H3,(H,18,22)(H2,19,20,21). The third kappa shape index (κ3) is 5.39. The molecule has 0 aliphatic carbocycles. The molecule has 0 fully saturated rings. The van der Waals surface area contributed by atoms with Gasteiger partial charge < -0.3 is 16.0 Å². The highest BCUT2D eigenvalue weighted by Crippen LogP contribution is 2.13. The molecule has 0 saturated heterocycles. The predicted molar refractivity (Wildman–Crippen MR) is 91.8 cm³/mol. The molecule has 0 heterocycles. The molecule has 1 rings (SSSR count). The molecule has 0 aliphatic heterocycles. The number of carbonyl (C=O) groups is 1. The lowest BCUT2D eigenvalue weighted by Gasteiger charge is -2.24. The number of aryl methyl sites for hydroxylation is 1. The Morgan fingerprint density at radius 3 is 2.50 bits per heavy atom. The minimum Gasteiger partial charge on any atom is -0.359 e. The predicted octanol–water partition coefficient (Wildman–Crippen LogP) is 1.82. The molecule has 122 valence electrons. The molecule has 0 atom stereocenters. The Labute approximate surface area is 133 Å². The zero-order chi connectivity index (χ0) is 16.6. The Kier molecular flexibility index (Phi) is 6.89. The van der Waals surface area contributed by atoms with E-state index < -0.39 is 5.41 Å². The maximum atomic E-state index is 11.8. The maximum absolute atomic E-state index is 11.8. The molecule has 0 unspecified atom stereocenters. The summed E-state index contributed by atoms with van der Waals surface area (Å²) in [4.78, 5) is 16.4. The van der Waals surface area contributed by atoms with Crippen molar-refractivity contribution in [2.75, 3.05) is 20.1 Å². The van der Waals surface area contributed by atoms with E-state index in [1.165, 1.54) is 11.1 Å². The van der Waals surface area contributed by atoms with E-state index in [0.29, 0.717) is 13.1 Å². The Balaban J connectivity index is 2.71. The van der Waals surface area contributed by atoms with Gasteiger partial charge >= 0.3 is 0 Å². The summed E-state index contributed by atoms with van der Waals surface area (Å²) in [6.07, 6.45) is 0. The fourth-order valence-electron chi connectivity index (χ4n) is 2.02. The number of rotatable bonds is 6. The third-order valence-corrected chi connectivity index (χ3v) is 3.55. The average Bonchev–Trinajstić information content (AvgIpc) is 2.50. The molecule has 0 aromatic heterocycles. The molecule has 1 amide bonds. The van der Waals surface area contributed by atoms with Crippen LogP contribution in [0.4, 0.5) is 0 Å². The van der Waals surface area contributed by atoms with Crippen LogP contribution in [0.2, 0.25) is 0 Å². The molecule has 0 aliphatic rings. The van der Waals surface area contributed by atoms with Gasteiger partial charge in [-0.05, 0) is 38.8 Å². The van der Waals surface area contributed by atoms with E-state index >= 15 is 0 Å². The second-order valence-corrected chi connectivity index (χ2v) is 5.94. The molecule has 5 heteroatoms. The molecule has 5 nitrogen and oxygen atoms in total. The van der Waals surface area contributed by atoms with Crippen LogP contribution in [0.1, 0.15) is 31.9 Å². The number of amides is 1. The van der Waals surface area contributed by atoms with Gasteiger partial charge in [0.1, 0.15) is 0 Å². The molecular weight excluding hydrogens is 276 g/mol. The first kappa shape index (κ1) is 18.0. The molecule has 0 saturated carbocycles. The SMILES string of the molecule is CCNC(=NCc1ccccc1C)NCC(C)(C)C(=O)NC. The van der Waals surface area contributed by atoms with Gasteiger partial charge in [-0.2, -0.15) is 0 Å². The van der Waals surface area contributed by atoms with Crippen molar-refractivity contribution >= 4 is 11.9 Å². The minimum absolute atomic E-state index is 0.00903. The summed E-state index contributed by atoms with van der Waals surface area (Å²) in [5, 5.41) is 9.14. The van der Waals surface area contributed by atoms with E-state index in [4.69, 9.17) is 0 Å². The van der Waals surface area contributed by atoms with Crippen molar-refractivity contribution in [2.45, 2.75) is 34.2 Å². The van der Waals surface area contributed by atoms with Gasteiger partial charge in [-0.3, -0.25) is 4.79 Å². The number of hydrogen-bond donors (Lipinski definition) is 3.